The number of carbonyl (C=O) groups is 2. The number of aliphatic hydroxyl groups is 1. The molecule has 2 aliphatic rings. The summed E-state index contributed by atoms with van der Waals surface area (Å²) in [5.74, 6) is 1.05. The molecular formula is C41H45N3O6Si. The van der Waals surface area contributed by atoms with Crippen LogP contribution >= 0.6 is 0 Å². The average molecular weight is 704 g/mol. The molecule has 10 heteroatoms. The summed E-state index contributed by atoms with van der Waals surface area (Å²) in [6, 6.07) is 29.6. The van der Waals surface area contributed by atoms with Crippen LogP contribution in [0, 0.1) is 5.92 Å². The third-order valence-electron chi connectivity index (χ3n) is 11.1. The van der Waals surface area contributed by atoms with Gasteiger partial charge in [-0.15, -0.1) is 0 Å². The van der Waals surface area contributed by atoms with Crippen LogP contribution in [0.1, 0.15) is 30.0 Å². The molecule has 0 aliphatic carbocycles. The summed E-state index contributed by atoms with van der Waals surface area (Å²) in [6.45, 7) is 7.08. The van der Waals surface area contributed by atoms with Crippen molar-refractivity contribution in [1.29, 1.82) is 0 Å². The van der Waals surface area contributed by atoms with Gasteiger partial charge in [0.05, 0.1) is 47.1 Å². The molecule has 4 aromatic carbocycles. The molecule has 0 radical (unpaired) electrons. The maximum atomic E-state index is 14.9. The maximum Gasteiger partial charge on any atom is 0.264 e. The molecule has 0 unspecified atom stereocenters. The number of benzene rings is 4. The number of hydrogen-bond donors (Lipinski definition) is 3. The fraction of sp³-hybridized carbons (Fsp3) is 0.317. The Morgan fingerprint density at radius 2 is 1.69 bits per heavy atom. The third kappa shape index (κ3) is 6.01. The Labute approximate surface area is 299 Å². The van der Waals surface area contributed by atoms with Crippen molar-refractivity contribution < 1.29 is 28.9 Å². The first-order chi connectivity index (χ1) is 24.6. The molecule has 0 bridgehead atoms. The molecule has 4 atom stereocenters. The number of para-hydroxylation sites is 1. The smallest absolute Gasteiger partial charge is 0.264 e. The first kappa shape index (κ1) is 34.5. The fourth-order valence-electron chi connectivity index (χ4n) is 8.51. The van der Waals surface area contributed by atoms with Crippen LogP contribution in [0.3, 0.4) is 0 Å². The van der Waals surface area contributed by atoms with E-state index in [2.05, 4.69) is 42.5 Å². The number of aromatic nitrogens is 1. The molecule has 1 saturated heterocycles. The summed E-state index contributed by atoms with van der Waals surface area (Å²) in [5, 5.41) is 15.5. The minimum Gasteiger partial charge on any atom is -0.497 e. The Bertz CT molecular complexity index is 2060. The Kier molecular flexibility index (Phi) is 9.26. The number of nitrogens with zero attached hydrogens (tertiary/aromatic N) is 1. The van der Waals surface area contributed by atoms with E-state index in [0.717, 1.165) is 39.0 Å². The van der Waals surface area contributed by atoms with E-state index in [0.29, 0.717) is 24.4 Å². The minimum absolute atomic E-state index is 0.0353. The highest BCUT2D eigenvalue weighted by molar-refractivity contribution is 6.91. The number of carbonyl (C=O) groups excluding carboxylic acids is 2. The number of nitrogens with one attached hydrogen (secondary N) is 2. The zero-order valence-corrected chi connectivity index (χ0v) is 30.7. The van der Waals surface area contributed by atoms with Crippen molar-refractivity contribution in [3.05, 3.63) is 114 Å². The van der Waals surface area contributed by atoms with Gasteiger partial charge in [-0.1, -0.05) is 67.7 Å². The second-order valence-electron chi connectivity index (χ2n) is 14.2. The summed E-state index contributed by atoms with van der Waals surface area (Å²) in [5.41, 5.74) is 3.93. The number of aliphatic hydroxyl groups excluding tert-OH is 1. The van der Waals surface area contributed by atoms with E-state index in [1.54, 1.807) is 14.2 Å². The van der Waals surface area contributed by atoms with Gasteiger partial charge < -0.3 is 34.5 Å². The van der Waals surface area contributed by atoms with Crippen LogP contribution in [0.2, 0.25) is 18.6 Å². The van der Waals surface area contributed by atoms with Crippen LogP contribution in [0.5, 0.6) is 11.5 Å². The number of hydrogen-bond acceptors (Lipinski definition) is 6. The summed E-state index contributed by atoms with van der Waals surface area (Å²) in [7, 11) is 0.994. The van der Waals surface area contributed by atoms with Crippen molar-refractivity contribution in [1.82, 2.24) is 4.98 Å². The largest absolute Gasteiger partial charge is 0.497 e. The molecule has 51 heavy (non-hydrogen) atoms. The zero-order chi connectivity index (χ0) is 35.9. The first-order valence-electron chi connectivity index (χ1n) is 17.5. The Morgan fingerprint density at radius 3 is 2.39 bits per heavy atom. The second kappa shape index (κ2) is 13.7. The number of H-pyrrole nitrogens is 1. The molecule has 2 amide bonds. The number of anilines is 2. The lowest BCUT2D eigenvalue weighted by Crippen LogP contribution is -2.51. The summed E-state index contributed by atoms with van der Waals surface area (Å²) >= 11 is 0. The summed E-state index contributed by atoms with van der Waals surface area (Å²) in [6.07, 6.45) is 2.25. The van der Waals surface area contributed by atoms with Crippen molar-refractivity contribution >= 4 is 47.4 Å². The lowest BCUT2D eigenvalue weighted by atomic mass is 9.82. The topological polar surface area (TPSA) is 113 Å². The number of aromatic amines is 1. The molecule has 264 valence electrons. The van der Waals surface area contributed by atoms with Gasteiger partial charge in [-0.2, -0.15) is 0 Å². The van der Waals surface area contributed by atoms with E-state index >= 15 is 0 Å². The van der Waals surface area contributed by atoms with E-state index in [-0.39, 0.29) is 42.4 Å². The number of rotatable bonds is 11. The van der Waals surface area contributed by atoms with Crippen LogP contribution in [-0.2, 0) is 32.9 Å². The lowest BCUT2D eigenvalue weighted by Gasteiger charge is -2.37. The van der Waals surface area contributed by atoms with E-state index in [9.17, 15) is 14.7 Å². The second-order valence-corrected chi connectivity index (χ2v) is 18.9. The first-order valence-corrected chi connectivity index (χ1v) is 20.6. The standard InChI is InChI=1S/C41H45N3O6Si/c1-26-39(51(4,5)32-17-14-30(48-2)15-18-32)37(20-21-45)50-41(26)34-23-31(49-3)16-19-36(34)44(40(41)47)25-27-10-12-29(13-11-27)43-38(46)22-28-24-42-35-9-7-6-8-33(28)35/h6-19,23-24,26,37,39,42,45H,20-22,25H2,1-5H3,(H,43,46)/t26-,37+,39-,41+/m1/s1. The predicted molar refractivity (Wildman–Crippen MR) is 203 cm³/mol. The molecule has 0 saturated carbocycles. The van der Waals surface area contributed by atoms with E-state index in [4.69, 9.17) is 14.2 Å². The summed E-state index contributed by atoms with van der Waals surface area (Å²) in [4.78, 5) is 32.9. The SMILES string of the molecule is COc1ccc([Si](C)(C)[C@H]2[C@H](CCO)O[C@@]3(C(=O)N(Cc4ccc(NC(=O)Cc5c[nH]c6ccccc56)cc4)c4ccc(OC)cc43)[C@@H]2C)cc1. The predicted octanol–water partition coefficient (Wildman–Crippen LogP) is 6.51. The maximum absolute atomic E-state index is 14.9. The normalized spacial score (nSPS) is 21.3. The highest BCUT2D eigenvalue weighted by Crippen LogP contribution is 2.60. The Hall–Kier alpha value is -4.90. The van der Waals surface area contributed by atoms with Crippen LogP contribution in [0.25, 0.3) is 10.9 Å². The van der Waals surface area contributed by atoms with Gasteiger partial charge in [-0.05, 0) is 71.6 Å². The van der Waals surface area contributed by atoms with Gasteiger partial charge in [0.25, 0.3) is 5.91 Å². The number of amides is 2. The van der Waals surface area contributed by atoms with Gasteiger partial charge in [0.2, 0.25) is 5.91 Å². The number of ether oxygens (including phenoxy) is 3. The molecule has 1 spiro atoms. The fourth-order valence-corrected chi connectivity index (χ4v) is 12.6. The van der Waals surface area contributed by atoms with E-state index in [1.165, 1.54) is 5.19 Å². The van der Waals surface area contributed by atoms with Crippen LogP contribution < -0.4 is 24.9 Å². The highest BCUT2D eigenvalue weighted by Gasteiger charge is 2.66. The van der Waals surface area contributed by atoms with Gasteiger partial charge >= 0.3 is 0 Å². The molecule has 7 rings (SSSR count). The zero-order valence-electron chi connectivity index (χ0n) is 29.7. The van der Waals surface area contributed by atoms with Crippen molar-refractivity contribution in [2.45, 2.75) is 56.7 Å². The van der Waals surface area contributed by atoms with Gasteiger partial charge in [-0.3, -0.25) is 9.59 Å². The van der Waals surface area contributed by atoms with Crippen molar-refractivity contribution in [3.63, 3.8) is 0 Å². The summed E-state index contributed by atoms with van der Waals surface area (Å²) < 4.78 is 18.1. The minimum atomic E-state index is -2.29. The van der Waals surface area contributed by atoms with E-state index < -0.39 is 13.7 Å². The molecule has 9 nitrogen and oxygen atoms in total. The molecular weight excluding hydrogens is 659 g/mol. The lowest BCUT2D eigenvalue weighted by molar-refractivity contribution is -0.146. The quantitative estimate of drug-likeness (QED) is 0.135. The van der Waals surface area contributed by atoms with Gasteiger partial charge in [-0.25, -0.2) is 0 Å². The van der Waals surface area contributed by atoms with Crippen molar-refractivity contribution in [2.24, 2.45) is 5.92 Å². The third-order valence-corrected chi connectivity index (χ3v) is 15.4. The molecule has 3 N–H and O–H groups in total. The average Bonchev–Trinajstić information content (AvgIpc) is 3.76. The van der Waals surface area contributed by atoms with Gasteiger partial charge in [0, 0.05) is 40.9 Å². The van der Waals surface area contributed by atoms with E-state index in [1.807, 2.05) is 90.0 Å². The molecule has 5 aromatic rings. The molecule has 2 aliphatic heterocycles. The van der Waals surface area contributed by atoms with Crippen LogP contribution in [0.4, 0.5) is 11.4 Å². The number of methoxy groups -OCH3 is 2. The Balaban J connectivity index is 1.15. The molecule has 1 aromatic heterocycles. The van der Waals surface area contributed by atoms with Crippen molar-refractivity contribution in [2.75, 3.05) is 31.0 Å². The monoisotopic (exact) mass is 703 g/mol. The van der Waals surface area contributed by atoms with Gasteiger partial charge in [0.15, 0.2) is 5.60 Å². The van der Waals surface area contributed by atoms with Gasteiger partial charge in [0.1, 0.15) is 11.5 Å². The Morgan fingerprint density at radius 1 is 0.980 bits per heavy atom. The molecule has 3 heterocycles. The molecule has 1 fully saturated rings. The van der Waals surface area contributed by atoms with Crippen molar-refractivity contribution in [3.8, 4) is 11.5 Å². The highest BCUT2D eigenvalue weighted by atomic mass is 28.3. The van der Waals surface area contributed by atoms with Crippen LogP contribution in [0.15, 0.2) is 97.2 Å². The van der Waals surface area contributed by atoms with Crippen LogP contribution in [-0.4, -0.2) is 56.9 Å². The number of fused-ring (bicyclic) bond motifs is 3.